The van der Waals surface area contributed by atoms with Gasteiger partial charge in [0.15, 0.2) is 0 Å². The summed E-state index contributed by atoms with van der Waals surface area (Å²) in [7, 11) is 0. The molecule has 1 saturated heterocycles. The van der Waals surface area contributed by atoms with Gasteiger partial charge < -0.3 is 10.0 Å². The summed E-state index contributed by atoms with van der Waals surface area (Å²) in [6, 6.07) is 38.7. The first-order chi connectivity index (χ1) is 17.7. The van der Waals surface area contributed by atoms with E-state index in [-0.39, 0.29) is 23.6 Å². The average Bonchev–Trinajstić information content (AvgIpc) is 2.95. The largest absolute Gasteiger partial charge is 0.508 e. The predicted molar refractivity (Wildman–Crippen MR) is 144 cm³/mol. The molecule has 1 aliphatic heterocycles. The number of hydrogen-bond acceptors (Lipinski definition) is 3. The minimum atomic E-state index is 0.0481. The number of phenols is 1. The van der Waals surface area contributed by atoms with Crippen LogP contribution in [-0.2, 0) is 4.79 Å². The molecule has 0 aliphatic carbocycles. The van der Waals surface area contributed by atoms with Gasteiger partial charge in [-0.3, -0.25) is 9.69 Å². The Kier molecular flexibility index (Phi) is 7.44. The van der Waals surface area contributed by atoms with Crippen molar-refractivity contribution in [1.82, 2.24) is 9.80 Å². The lowest BCUT2D eigenvalue weighted by atomic mass is 9.88. The molecular formula is C32H32N2O2. The molecule has 0 bridgehead atoms. The van der Waals surface area contributed by atoms with E-state index in [4.69, 9.17) is 0 Å². The number of carbonyl (C=O) groups excluding carboxylic acids is 1. The van der Waals surface area contributed by atoms with E-state index in [1.807, 2.05) is 59.5 Å². The molecule has 1 atom stereocenters. The zero-order chi connectivity index (χ0) is 24.7. The van der Waals surface area contributed by atoms with E-state index in [1.165, 1.54) is 16.7 Å². The van der Waals surface area contributed by atoms with E-state index in [0.29, 0.717) is 19.5 Å². The predicted octanol–water partition coefficient (Wildman–Crippen LogP) is 5.85. The van der Waals surface area contributed by atoms with Gasteiger partial charge in [0.25, 0.3) is 0 Å². The molecule has 182 valence electrons. The Morgan fingerprint density at radius 1 is 0.611 bits per heavy atom. The summed E-state index contributed by atoms with van der Waals surface area (Å²) in [6.07, 6.45) is 0.466. The number of rotatable bonds is 7. The Hall–Kier alpha value is -3.89. The van der Waals surface area contributed by atoms with Gasteiger partial charge in [0.1, 0.15) is 5.75 Å². The molecule has 1 unspecified atom stereocenters. The standard InChI is InChI=1S/C32H32N2O2/c35-29-18-16-28(17-19-29)32(27-14-8-3-9-15-27)34-22-20-33(21-23-34)31(36)24-30(25-10-4-1-5-11-25)26-12-6-2-7-13-26/h1-19,30,32,35H,20-24H2. The minimum absolute atomic E-state index is 0.0481. The Labute approximate surface area is 213 Å². The second-order valence-corrected chi connectivity index (χ2v) is 9.40. The van der Waals surface area contributed by atoms with Crippen LogP contribution in [0.5, 0.6) is 5.75 Å². The molecule has 0 aromatic heterocycles. The molecule has 0 saturated carbocycles. The van der Waals surface area contributed by atoms with E-state index >= 15 is 0 Å². The minimum Gasteiger partial charge on any atom is -0.508 e. The molecular weight excluding hydrogens is 444 g/mol. The van der Waals surface area contributed by atoms with Crippen LogP contribution in [-0.4, -0.2) is 47.0 Å². The van der Waals surface area contributed by atoms with Gasteiger partial charge in [0.05, 0.1) is 6.04 Å². The van der Waals surface area contributed by atoms with Crippen molar-refractivity contribution in [2.45, 2.75) is 18.4 Å². The van der Waals surface area contributed by atoms with Crippen LogP contribution in [0, 0.1) is 0 Å². The Morgan fingerprint density at radius 2 is 1.06 bits per heavy atom. The molecule has 5 rings (SSSR count). The van der Waals surface area contributed by atoms with Crippen LogP contribution in [0.1, 0.15) is 40.6 Å². The Bertz CT molecular complexity index is 1200. The molecule has 4 aromatic rings. The highest BCUT2D eigenvalue weighted by Gasteiger charge is 2.29. The summed E-state index contributed by atoms with van der Waals surface area (Å²) in [4.78, 5) is 18.0. The fourth-order valence-electron chi connectivity index (χ4n) is 5.24. The maximum absolute atomic E-state index is 13.5. The lowest BCUT2D eigenvalue weighted by molar-refractivity contribution is -0.133. The van der Waals surface area contributed by atoms with Crippen molar-refractivity contribution in [3.8, 4) is 5.75 Å². The highest BCUT2D eigenvalue weighted by atomic mass is 16.3. The second-order valence-electron chi connectivity index (χ2n) is 9.40. The highest BCUT2D eigenvalue weighted by molar-refractivity contribution is 5.78. The highest BCUT2D eigenvalue weighted by Crippen LogP contribution is 2.32. The van der Waals surface area contributed by atoms with Crippen molar-refractivity contribution in [1.29, 1.82) is 0 Å². The fourth-order valence-corrected chi connectivity index (χ4v) is 5.24. The first kappa shape index (κ1) is 23.8. The van der Waals surface area contributed by atoms with Crippen molar-refractivity contribution < 1.29 is 9.90 Å². The van der Waals surface area contributed by atoms with Gasteiger partial charge in [-0.05, 0) is 34.4 Å². The Morgan fingerprint density at radius 3 is 1.56 bits per heavy atom. The lowest BCUT2D eigenvalue weighted by Crippen LogP contribution is -2.50. The number of hydrogen-bond donors (Lipinski definition) is 1. The van der Waals surface area contributed by atoms with E-state index in [0.717, 1.165) is 18.7 Å². The van der Waals surface area contributed by atoms with Gasteiger partial charge in [-0.1, -0.05) is 103 Å². The fraction of sp³-hybridized carbons (Fsp3) is 0.219. The molecule has 4 aromatic carbocycles. The number of benzene rings is 4. The third kappa shape index (κ3) is 5.50. The van der Waals surface area contributed by atoms with Crippen LogP contribution >= 0.6 is 0 Å². The number of piperazine rings is 1. The molecule has 0 spiro atoms. The SMILES string of the molecule is O=C(CC(c1ccccc1)c1ccccc1)N1CCN(C(c2ccccc2)c2ccc(O)cc2)CC1. The van der Waals surface area contributed by atoms with Crippen LogP contribution in [0.25, 0.3) is 0 Å². The van der Waals surface area contributed by atoms with E-state index < -0.39 is 0 Å². The van der Waals surface area contributed by atoms with Crippen molar-refractivity contribution >= 4 is 5.91 Å². The summed E-state index contributed by atoms with van der Waals surface area (Å²) in [5.41, 5.74) is 4.71. The first-order valence-electron chi connectivity index (χ1n) is 12.6. The van der Waals surface area contributed by atoms with Gasteiger partial charge in [-0.15, -0.1) is 0 Å². The van der Waals surface area contributed by atoms with E-state index in [9.17, 15) is 9.90 Å². The van der Waals surface area contributed by atoms with E-state index in [1.54, 1.807) is 12.1 Å². The summed E-state index contributed by atoms with van der Waals surface area (Å²) < 4.78 is 0. The number of phenolic OH excluding ortho intramolecular Hbond substituents is 1. The maximum atomic E-state index is 13.5. The van der Waals surface area contributed by atoms with Crippen molar-refractivity contribution in [3.63, 3.8) is 0 Å². The molecule has 1 amide bonds. The molecule has 4 heteroatoms. The van der Waals surface area contributed by atoms with Gasteiger partial charge >= 0.3 is 0 Å². The first-order valence-corrected chi connectivity index (χ1v) is 12.6. The van der Waals surface area contributed by atoms with Crippen LogP contribution in [0.2, 0.25) is 0 Å². The van der Waals surface area contributed by atoms with Crippen LogP contribution < -0.4 is 0 Å². The van der Waals surface area contributed by atoms with Crippen LogP contribution in [0.4, 0.5) is 0 Å². The summed E-state index contributed by atoms with van der Waals surface area (Å²) >= 11 is 0. The quantitative estimate of drug-likeness (QED) is 0.364. The number of nitrogens with zero attached hydrogens (tertiary/aromatic N) is 2. The average molecular weight is 477 g/mol. The monoisotopic (exact) mass is 476 g/mol. The summed E-state index contributed by atoms with van der Waals surface area (Å²) in [5.74, 6) is 0.521. The molecule has 4 nitrogen and oxygen atoms in total. The van der Waals surface area contributed by atoms with Crippen molar-refractivity contribution in [3.05, 3.63) is 138 Å². The van der Waals surface area contributed by atoms with Gasteiger partial charge in [-0.25, -0.2) is 0 Å². The number of amides is 1. The van der Waals surface area contributed by atoms with Gasteiger partial charge in [-0.2, -0.15) is 0 Å². The third-order valence-electron chi connectivity index (χ3n) is 7.14. The van der Waals surface area contributed by atoms with Crippen LogP contribution in [0.15, 0.2) is 115 Å². The number of carbonyl (C=O) groups is 1. The molecule has 1 aliphatic rings. The van der Waals surface area contributed by atoms with Crippen molar-refractivity contribution in [2.75, 3.05) is 26.2 Å². The maximum Gasteiger partial charge on any atom is 0.223 e. The molecule has 1 heterocycles. The topological polar surface area (TPSA) is 43.8 Å². The summed E-state index contributed by atoms with van der Waals surface area (Å²) in [6.45, 7) is 3.01. The second kappa shape index (κ2) is 11.2. The molecule has 0 radical (unpaired) electrons. The molecule has 1 N–H and O–H groups in total. The third-order valence-corrected chi connectivity index (χ3v) is 7.14. The van der Waals surface area contributed by atoms with Crippen LogP contribution in [0.3, 0.4) is 0 Å². The lowest BCUT2D eigenvalue weighted by Gasteiger charge is -2.40. The van der Waals surface area contributed by atoms with E-state index in [2.05, 4.69) is 53.4 Å². The summed E-state index contributed by atoms with van der Waals surface area (Å²) in [5, 5.41) is 9.79. The normalized spacial score (nSPS) is 15.1. The van der Waals surface area contributed by atoms with Crippen molar-refractivity contribution in [2.24, 2.45) is 0 Å². The smallest absolute Gasteiger partial charge is 0.223 e. The number of aromatic hydroxyl groups is 1. The zero-order valence-corrected chi connectivity index (χ0v) is 20.4. The zero-order valence-electron chi connectivity index (χ0n) is 20.4. The molecule has 1 fully saturated rings. The van der Waals surface area contributed by atoms with Gasteiger partial charge in [0, 0.05) is 38.5 Å². The molecule has 36 heavy (non-hydrogen) atoms. The van der Waals surface area contributed by atoms with Gasteiger partial charge in [0.2, 0.25) is 5.91 Å². The Balaban J connectivity index is 1.30.